The highest BCUT2D eigenvalue weighted by Crippen LogP contribution is 2.37. The minimum atomic E-state index is -0.00000860. The first-order chi connectivity index (χ1) is 15.1. The molecule has 3 N–H and O–H groups in total. The molecule has 1 aliphatic heterocycles. The Morgan fingerprint density at radius 3 is 2.00 bits per heavy atom. The number of hydrogen-bond donors (Lipinski definition) is 3. The molecule has 31 heavy (non-hydrogen) atoms. The van der Waals surface area contributed by atoms with E-state index in [0.717, 1.165) is 12.1 Å². The Morgan fingerprint density at radius 1 is 0.903 bits per heavy atom. The van der Waals surface area contributed by atoms with E-state index in [-0.39, 0.29) is 5.75 Å². The van der Waals surface area contributed by atoms with Crippen LogP contribution in [0.1, 0.15) is 36.0 Å². The Morgan fingerprint density at radius 2 is 1.45 bits per heavy atom. The molecule has 2 aromatic carbocycles. The molecular weight excluding hydrogens is 392 g/mol. The average Bonchev–Trinajstić information content (AvgIpc) is 2.81. The summed E-state index contributed by atoms with van der Waals surface area (Å²) in [4.78, 5) is 6.83. The molecule has 1 heterocycles. The first kappa shape index (κ1) is 22.7. The summed E-state index contributed by atoms with van der Waals surface area (Å²) < 4.78 is 10.4. The predicted molar refractivity (Wildman–Crippen MR) is 124 cm³/mol. The van der Waals surface area contributed by atoms with E-state index in [2.05, 4.69) is 44.8 Å². The van der Waals surface area contributed by atoms with Crippen LogP contribution in [0, 0.1) is 0 Å². The fourth-order valence-corrected chi connectivity index (χ4v) is 3.78. The third-order valence-electron chi connectivity index (χ3n) is 5.56. The molecule has 0 bridgehead atoms. The van der Waals surface area contributed by atoms with Gasteiger partial charge < -0.3 is 25.2 Å². The van der Waals surface area contributed by atoms with Crippen molar-refractivity contribution in [1.29, 1.82) is 0 Å². The van der Waals surface area contributed by atoms with Crippen molar-refractivity contribution in [2.24, 2.45) is 4.99 Å². The number of rotatable bonds is 8. The van der Waals surface area contributed by atoms with Crippen LogP contribution in [0.4, 0.5) is 0 Å². The quantitative estimate of drug-likeness (QED) is 0.444. The number of piperidine rings is 1. The summed E-state index contributed by atoms with van der Waals surface area (Å²) in [7, 11) is 4.78. The zero-order chi connectivity index (χ0) is 22.1. The molecule has 0 unspecified atom stereocenters. The maximum Gasteiger partial charge on any atom is 0.200 e. The number of phenols is 1. The van der Waals surface area contributed by atoms with E-state index in [0.29, 0.717) is 30.5 Å². The second-order valence-corrected chi connectivity index (χ2v) is 7.78. The Balaban J connectivity index is 1.50. The van der Waals surface area contributed by atoms with Gasteiger partial charge in [-0.1, -0.05) is 30.7 Å². The smallest absolute Gasteiger partial charge is 0.200 e. The largest absolute Gasteiger partial charge is 0.502 e. The molecule has 2 aromatic rings. The highest BCUT2D eigenvalue weighted by atomic mass is 16.5. The van der Waals surface area contributed by atoms with Crippen LogP contribution in [0.5, 0.6) is 17.2 Å². The van der Waals surface area contributed by atoms with Gasteiger partial charge in [0.1, 0.15) is 0 Å². The van der Waals surface area contributed by atoms with Crippen LogP contribution >= 0.6 is 0 Å². The molecule has 0 amide bonds. The number of guanidine groups is 1. The zero-order valence-electron chi connectivity index (χ0n) is 18.8. The summed E-state index contributed by atoms with van der Waals surface area (Å²) in [5.74, 6) is 1.45. The summed E-state index contributed by atoms with van der Waals surface area (Å²) >= 11 is 0. The van der Waals surface area contributed by atoms with Gasteiger partial charge in [-0.15, -0.1) is 0 Å². The standard InChI is InChI=1S/C24H34N4O3/c1-25-24(27-16-20-13-21(30-2)23(29)22(14-20)31-3)26-15-18-7-9-19(10-8-18)17-28-11-5-4-6-12-28/h7-10,13-14,29H,4-6,11-12,15-17H2,1-3H3,(H2,25,26,27). The Bertz CT molecular complexity index is 837. The molecule has 7 heteroatoms. The highest BCUT2D eigenvalue weighted by molar-refractivity contribution is 5.79. The molecule has 1 saturated heterocycles. The minimum absolute atomic E-state index is 0.00000860. The number of aromatic hydroxyl groups is 1. The minimum Gasteiger partial charge on any atom is -0.502 e. The number of phenolic OH excluding ortho intramolecular Hbond substituents is 1. The fraction of sp³-hybridized carbons (Fsp3) is 0.458. The maximum atomic E-state index is 10.0. The van der Waals surface area contributed by atoms with Crippen LogP contribution in [-0.2, 0) is 19.6 Å². The van der Waals surface area contributed by atoms with Gasteiger partial charge in [-0.2, -0.15) is 0 Å². The second kappa shape index (κ2) is 11.5. The van der Waals surface area contributed by atoms with Crippen LogP contribution in [0.2, 0.25) is 0 Å². The first-order valence-corrected chi connectivity index (χ1v) is 10.8. The number of ether oxygens (including phenoxy) is 2. The van der Waals surface area contributed by atoms with Gasteiger partial charge in [-0.25, -0.2) is 0 Å². The van der Waals surface area contributed by atoms with Crippen molar-refractivity contribution in [3.63, 3.8) is 0 Å². The lowest BCUT2D eigenvalue weighted by Gasteiger charge is -2.26. The molecule has 1 fully saturated rings. The molecule has 3 rings (SSSR count). The van der Waals surface area contributed by atoms with Crippen molar-refractivity contribution in [3.8, 4) is 17.2 Å². The predicted octanol–water partition coefficient (Wildman–Crippen LogP) is 3.26. The normalized spacial score (nSPS) is 14.9. The van der Waals surface area contributed by atoms with Gasteiger partial charge in [-0.3, -0.25) is 9.89 Å². The van der Waals surface area contributed by atoms with Gasteiger partial charge in [0.15, 0.2) is 17.5 Å². The van der Waals surface area contributed by atoms with Crippen LogP contribution in [-0.4, -0.2) is 50.3 Å². The lowest BCUT2D eigenvalue weighted by molar-refractivity contribution is 0.221. The Labute approximate surface area is 185 Å². The number of methoxy groups -OCH3 is 2. The van der Waals surface area contributed by atoms with E-state index in [1.165, 1.54) is 57.7 Å². The molecule has 0 saturated carbocycles. The lowest BCUT2D eigenvalue weighted by Crippen LogP contribution is -2.36. The summed E-state index contributed by atoms with van der Waals surface area (Å²) in [5.41, 5.74) is 3.48. The van der Waals surface area contributed by atoms with Gasteiger partial charge in [0, 0.05) is 26.7 Å². The van der Waals surface area contributed by atoms with Crippen molar-refractivity contribution in [2.45, 2.75) is 38.9 Å². The molecule has 168 valence electrons. The van der Waals surface area contributed by atoms with E-state index in [9.17, 15) is 5.11 Å². The lowest BCUT2D eigenvalue weighted by atomic mass is 10.1. The Kier molecular flexibility index (Phi) is 8.41. The number of aliphatic imine (C=N–C) groups is 1. The van der Waals surface area contributed by atoms with Crippen molar-refractivity contribution < 1.29 is 14.6 Å². The summed E-state index contributed by atoms with van der Waals surface area (Å²) in [5, 5.41) is 16.7. The van der Waals surface area contributed by atoms with E-state index >= 15 is 0 Å². The van der Waals surface area contributed by atoms with Crippen molar-refractivity contribution in [2.75, 3.05) is 34.4 Å². The van der Waals surface area contributed by atoms with Gasteiger partial charge in [0.05, 0.1) is 14.2 Å². The summed E-state index contributed by atoms with van der Waals surface area (Å²) in [6.07, 6.45) is 4.00. The molecule has 1 aliphatic rings. The molecule has 7 nitrogen and oxygen atoms in total. The summed E-state index contributed by atoms with van der Waals surface area (Å²) in [6, 6.07) is 12.3. The fourth-order valence-electron chi connectivity index (χ4n) is 3.78. The van der Waals surface area contributed by atoms with Gasteiger partial charge in [0.25, 0.3) is 0 Å². The molecule has 0 radical (unpaired) electrons. The third-order valence-corrected chi connectivity index (χ3v) is 5.56. The van der Waals surface area contributed by atoms with E-state index < -0.39 is 0 Å². The first-order valence-electron chi connectivity index (χ1n) is 10.8. The van der Waals surface area contributed by atoms with Crippen molar-refractivity contribution in [1.82, 2.24) is 15.5 Å². The van der Waals surface area contributed by atoms with Crippen molar-refractivity contribution in [3.05, 3.63) is 53.1 Å². The monoisotopic (exact) mass is 426 g/mol. The van der Waals surface area contributed by atoms with Gasteiger partial charge >= 0.3 is 0 Å². The van der Waals surface area contributed by atoms with Crippen molar-refractivity contribution >= 4 is 5.96 Å². The van der Waals surface area contributed by atoms with Crippen LogP contribution in [0.15, 0.2) is 41.4 Å². The van der Waals surface area contributed by atoms with E-state index in [1.807, 2.05) is 0 Å². The number of nitrogens with one attached hydrogen (secondary N) is 2. The summed E-state index contributed by atoms with van der Waals surface area (Å²) in [6.45, 7) is 4.66. The zero-order valence-corrected chi connectivity index (χ0v) is 18.8. The van der Waals surface area contributed by atoms with E-state index in [1.54, 1.807) is 19.2 Å². The topological polar surface area (TPSA) is 78.4 Å². The number of likely N-dealkylation sites (tertiary alicyclic amines) is 1. The third kappa shape index (κ3) is 6.52. The number of nitrogens with zero attached hydrogens (tertiary/aromatic N) is 2. The molecule has 0 aliphatic carbocycles. The number of hydrogen-bond acceptors (Lipinski definition) is 5. The average molecular weight is 427 g/mol. The molecular formula is C24H34N4O3. The Hall–Kier alpha value is -2.93. The van der Waals surface area contributed by atoms with E-state index in [4.69, 9.17) is 9.47 Å². The van der Waals surface area contributed by atoms with Crippen LogP contribution < -0.4 is 20.1 Å². The van der Waals surface area contributed by atoms with Gasteiger partial charge in [0.2, 0.25) is 5.75 Å². The van der Waals surface area contributed by atoms with Crippen LogP contribution in [0.3, 0.4) is 0 Å². The van der Waals surface area contributed by atoms with Crippen LogP contribution in [0.25, 0.3) is 0 Å². The molecule has 0 aromatic heterocycles. The maximum absolute atomic E-state index is 10.0. The number of benzene rings is 2. The highest BCUT2D eigenvalue weighted by Gasteiger charge is 2.12. The SMILES string of the molecule is CN=C(NCc1ccc(CN2CCCCC2)cc1)NCc1cc(OC)c(O)c(OC)c1. The molecule has 0 atom stereocenters. The second-order valence-electron chi connectivity index (χ2n) is 7.78. The van der Waals surface area contributed by atoms with Gasteiger partial charge in [-0.05, 0) is 54.8 Å². The molecule has 0 spiro atoms.